The highest BCUT2D eigenvalue weighted by atomic mass is 32.2. The molecule has 3 rings (SSSR count). The van der Waals surface area contributed by atoms with Crippen LogP contribution in [0, 0.1) is 0 Å². The molecule has 1 aliphatic carbocycles. The predicted octanol–water partition coefficient (Wildman–Crippen LogP) is 0.720. The predicted molar refractivity (Wildman–Crippen MR) is 58.9 cm³/mol. The monoisotopic (exact) mass is 242 g/mol. The van der Waals surface area contributed by atoms with Gasteiger partial charge in [-0.2, -0.15) is 0 Å². The fraction of sp³-hybridized carbons (Fsp3) is 0.700. The summed E-state index contributed by atoms with van der Waals surface area (Å²) in [7, 11) is -3.08. The van der Waals surface area contributed by atoms with Gasteiger partial charge in [-0.25, -0.2) is 8.42 Å². The number of aromatic amines is 1. The lowest BCUT2D eigenvalue weighted by atomic mass is 10.2. The van der Waals surface area contributed by atoms with Crippen LogP contribution in [0.2, 0.25) is 0 Å². The molecule has 0 amide bonds. The van der Waals surface area contributed by atoms with E-state index >= 15 is 0 Å². The molecule has 1 aliphatic heterocycles. The van der Waals surface area contributed by atoms with Crippen molar-refractivity contribution >= 4 is 9.84 Å². The van der Waals surface area contributed by atoms with Crippen LogP contribution in [0.25, 0.3) is 0 Å². The molecule has 1 fully saturated rings. The van der Waals surface area contributed by atoms with E-state index in [1.807, 2.05) is 4.68 Å². The molecule has 1 aromatic heterocycles. The number of hydrogen-bond donors (Lipinski definition) is 1. The second-order valence-corrected chi connectivity index (χ2v) is 6.77. The van der Waals surface area contributed by atoms with Gasteiger partial charge in [-0.15, -0.1) is 0 Å². The van der Waals surface area contributed by atoms with Gasteiger partial charge in [0, 0.05) is 0 Å². The van der Waals surface area contributed by atoms with Crippen LogP contribution in [-0.2, 0) is 21.3 Å². The lowest BCUT2D eigenvalue weighted by molar-refractivity contribution is 0.452. The second kappa shape index (κ2) is 3.23. The Hall–Kier alpha value is -1.04. The summed E-state index contributed by atoms with van der Waals surface area (Å²) in [6.45, 7) is 0. The van der Waals surface area contributed by atoms with Crippen molar-refractivity contribution < 1.29 is 8.42 Å². The third kappa shape index (κ3) is 1.43. The minimum Gasteiger partial charge on any atom is -0.285 e. The standard InChI is InChI=1S/C10H14N2O3S/c13-10-8-5-16(14,15)6-9(8)12(11-10)7-3-1-2-4-7/h7H,1-6H2,(H,11,13). The van der Waals surface area contributed by atoms with E-state index in [2.05, 4.69) is 5.10 Å². The molecule has 88 valence electrons. The van der Waals surface area contributed by atoms with Gasteiger partial charge in [0.2, 0.25) is 0 Å². The fourth-order valence-corrected chi connectivity index (χ4v) is 4.35. The van der Waals surface area contributed by atoms with Gasteiger partial charge in [-0.3, -0.25) is 14.6 Å². The maximum atomic E-state index is 11.6. The van der Waals surface area contributed by atoms with Gasteiger partial charge < -0.3 is 0 Å². The van der Waals surface area contributed by atoms with Crippen molar-refractivity contribution in [1.29, 1.82) is 0 Å². The lowest BCUT2D eigenvalue weighted by Crippen LogP contribution is -2.15. The average Bonchev–Trinajstić information content (AvgIpc) is 2.84. The molecule has 1 aromatic rings. The Morgan fingerprint density at radius 3 is 2.56 bits per heavy atom. The molecule has 0 unspecified atom stereocenters. The number of fused-ring (bicyclic) bond motifs is 1. The van der Waals surface area contributed by atoms with Crippen LogP contribution in [0.1, 0.15) is 43.0 Å². The van der Waals surface area contributed by atoms with Gasteiger partial charge in [0.15, 0.2) is 9.84 Å². The number of nitrogens with one attached hydrogen (secondary N) is 1. The summed E-state index contributed by atoms with van der Waals surface area (Å²) in [5.41, 5.74) is 0.951. The Bertz CT molecular complexity index is 576. The average molecular weight is 242 g/mol. The third-order valence-corrected chi connectivity index (χ3v) is 4.99. The smallest absolute Gasteiger partial charge is 0.268 e. The summed E-state index contributed by atoms with van der Waals surface area (Å²) < 4.78 is 24.8. The van der Waals surface area contributed by atoms with Crippen LogP contribution < -0.4 is 5.56 Å². The molecule has 0 atom stereocenters. The SMILES string of the molecule is O=c1[nH]n(C2CCCC2)c2c1CS(=O)(=O)C2. The first kappa shape index (κ1) is 10.1. The minimum absolute atomic E-state index is 0.0254. The minimum atomic E-state index is -3.08. The first-order valence-electron chi connectivity index (χ1n) is 5.59. The lowest BCUT2D eigenvalue weighted by Gasteiger charge is -2.13. The van der Waals surface area contributed by atoms with Crippen LogP contribution in [0.5, 0.6) is 0 Å². The zero-order valence-electron chi connectivity index (χ0n) is 8.90. The fourth-order valence-electron chi connectivity index (χ4n) is 2.78. The molecule has 16 heavy (non-hydrogen) atoms. The highest BCUT2D eigenvalue weighted by Crippen LogP contribution is 2.32. The molecular weight excluding hydrogens is 228 g/mol. The molecule has 2 heterocycles. The van der Waals surface area contributed by atoms with Gasteiger partial charge in [-0.05, 0) is 12.8 Å². The highest BCUT2D eigenvalue weighted by Gasteiger charge is 2.33. The number of nitrogens with zero attached hydrogens (tertiary/aromatic N) is 1. The maximum Gasteiger partial charge on any atom is 0.268 e. The normalized spacial score (nSPS) is 23.8. The Morgan fingerprint density at radius 2 is 1.88 bits per heavy atom. The van der Waals surface area contributed by atoms with E-state index in [-0.39, 0.29) is 17.1 Å². The third-order valence-electron chi connectivity index (χ3n) is 3.55. The van der Waals surface area contributed by atoms with Gasteiger partial charge in [0.1, 0.15) is 0 Å². The molecule has 6 heteroatoms. The van der Waals surface area contributed by atoms with Crippen LogP contribution in [-0.4, -0.2) is 18.2 Å². The van der Waals surface area contributed by atoms with E-state index < -0.39 is 9.84 Å². The Balaban J connectivity index is 2.09. The van der Waals surface area contributed by atoms with Crippen molar-refractivity contribution in [3.63, 3.8) is 0 Å². The first-order chi connectivity index (χ1) is 7.57. The van der Waals surface area contributed by atoms with Gasteiger partial charge in [0.05, 0.1) is 28.8 Å². The van der Waals surface area contributed by atoms with Crippen molar-refractivity contribution in [2.45, 2.75) is 43.2 Å². The number of rotatable bonds is 1. The van der Waals surface area contributed by atoms with Crippen molar-refractivity contribution in [1.82, 2.24) is 9.78 Å². The van der Waals surface area contributed by atoms with E-state index in [1.165, 1.54) is 0 Å². The summed E-state index contributed by atoms with van der Waals surface area (Å²) in [5, 5.41) is 2.79. The quantitative estimate of drug-likeness (QED) is 0.788. The number of hydrogen-bond acceptors (Lipinski definition) is 3. The second-order valence-electron chi connectivity index (χ2n) is 4.71. The van der Waals surface area contributed by atoms with Crippen molar-refractivity contribution in [2.24, 2.45) is 0 Å². The van der Waals surface area contributed by atoms with E-state index in [4.69, 9.17) is 0 Å². The van der Waals surface area contributed by atoms with E-state index in [0.717, 1.165) is 25.7 Å². The molecule has 0 radical (unpaired) electrons. The van der Waals surface area contributed by atoms with Gasteiger partial charge in [-0.1, -0.05) is 12.8 Å². The summed E-state index contributed by atoms with van der Waals surface area (Å²) in [5.74, 6) is -0.0606. The molecule has 1 saturated carbocycles. The number of H-pyrrole nitrogens is 1. The molecule has 0 spiro atoms. The van der Waals surface area contributed by atoms with E-state index in [1.54, 1.807) is 0 Å². The van der Waals surface area contributed by atoms with Gasteiger partial charge in [0.25, 0.3) is 5.56 Å². The largest absolute Gasteiger partial charge is 0.285 e. The highest BCUT2D eigenvalue weighted by molar-refractivity contribution is 7.90. The summed E-state index contributed by atoms with van der Waals surface area (Å²) in [4.78, 5) is 11.6. The topological polar surface area (TPSA) is 71.9 Å². The maximum absolute atomic E-state index is 11.6. The summed E-state index contributed by atoms with van der Waals surface area (Å²) in [6.07, 6.45) is 4.40. The molecule has 1 N–H and O–H groups in total. The first-order valence-corrected chi connectivity index (χ1v) is 7.42. The molecule has 0 saturated heterocycles. The zero-order chi connectivity index (χ0) is 11.3. The van der Waals surface area contributed by atoms with Crippen LogP contribution in [0.15, 0.2) is 4.79 Å². The number of aromatic nitrogens is 2. The summed E-state index contributed by atoms with van der Waals surface area (Å²) in [6, 6.07) is 0.296. The molecule has 0 aromatic carbocycles. The molecule has 0 bridgehead atoms. The van der Waals surface area contributed by atoms with Gasteiger partial charge >= 0.3 is 0 Å². The number of sulfone groups is 1. The van der Waals surface area contributed by atoms with Crippen LogP contribution in [0.3, 0.4) is 0 Å². The molecular formula is C10H14N2O3S. The van der Waals surface area contributed by atoms with Crippen molar-refractivity contribution in [2.75, 3.05) is 0 Å². The Kier molecular flexibility index (Phi) is 2.04. The Labute approximate surface area is 93.4 Å². The van der Waals surface area contributed by atoms with E-state index in [9.17, 15) is 13.2 Å². The van der Waals surface area contributed by atoms with Crippen molar-refractivity contribution in [3.8, 4) is 0 Å². The zero-order valence-corrected chi connectivity index (χ0v) is 9.72. The molecule has 2 aliphatic rings. The van der Waals surface area contributed by atoms with Crippen molar-refractivity contribution in [3.05, 3.63) is 21.6 Å². The van der Waals surface area contributed by atoms with Crippen LogP contribution in [0.4, 0.5) is 0 Å². The molecule has 5 nitrogen and oxygen atoms in total. The summed E-state index contributed by atoms with van der Waals surface area (Å²) >= 11 is 0. The van der Waals surface area contributed by atoms with E-state index in [0.29, 0.717) is 17.3 Å². The Morgan fingerprint density at radius 1 is 1.19 bits per heavy atom. The van der Waals surface area contributed by atoms with Crippen LogP contribution >= 0.6 is 0 Å².